The number of dihydropyridines is 1. The number of aliphatic hydroxyl groups is 1. The first-order valence-electron chi connectivity index (χ1n) is 10.8. The molecule has 0 saturated heterocycles. The van der Waals surface area contributed by atoms with Crippen molar-refractivity contribution >= 4 is 23.1 Å². The van der Waals surface area contributed by atoms with Crippen LogP contribution in [0.1, 0.15) is 36.8 Å². The van der Waals surface area contributed by atoms with E-state index in [2.05, 4.69) is 47.5 Å². The summed E-state index contributed by atoms with van der Waals surface area (Å²) in [6.45, 7) is 1.84. The van der Waals surface area contributed by atoms with E-state index in [0.717, 1.165) is 44.3 Å². The molecule has 164 valence electrons. The van der Waals surface area contributed by atoms with Gasteiger partial charge in [-0.3, -0.25) is 4.99 Å². The minimum atomic E-state index is -0.672. The minimum Gasteiger partial charge on any atom is -0.390 e. The molecule has 1 unspecified atom stereocenters. The summed E-state index contributed by atoms with van der Waals surface area (Å²) in [5.41, 5.74) is 10.6. The van der Waals surface area contributed by atoms with Gasteiger partial charge in [-0.2, -0.15) is 0 Å². The van der Waals surface area contributed by atoms with E-state index in [4.69, 9.17) is 15.5 Å². The first kappa shape index (κ1) is 21.2. The zero-order valence-corrected chi connectivity index (χ0v) is 19.1. The van der Waals surface area contributed by atoms with E-state index in [9.17, 15) is 5.11 Å². The van der Waals surface area contributed by atoms with Crippen molar-refractivity contribution in [3.63, 3.8) is 0 Å². The molecule has 1 aliphatic heterocycles. The molecule has 2 aliphatic rings. The third kappa shape index (κ3) is 3.95. The van der Waals surface area contributed by atoms with E-state index in [1.807, 2.05) is 31.3 Å². The van der Waals surface area contributed by atoms with Gasteiger partial charge in [0.05, 0.1) is 16.2 Å². The molecule has 0 bridgehead atoms. The number of methoxy groups -OCH3 is 1. The Bertz CT molecular complexity index is 1170. The summed E-state index contributed by atoms with van der Waals surface area (Å²) in [5.74, 6) is 0. The van der Waals surface area contributed by atoms with Crippen molar-refractivity contribution < 1.29 is 9.84 Å². The molecule has 5 rings (SSSR count). The van der Waals surface area contributed by atoms with Gasteiger partial charge >= 0.3 is 0 Å². The van der Waals surface area contributed by atoms with Crippen LogP contribution in [0.15, 0.2) is 65.7 Å². The van der Waals surface area contributed by atoms with Gasteiger partial charge < -0.3 is 15.6 Å². The average molecular weight is 446 g/mol. The maximum atomic E-state index is 10.2. The molecule has 32 heavy (non-hydrogen) atoms. The quantitative estimate of drug-likeness (QED) is 0.579. The number of thiazole rings is 1. The van der Waals surface area contributed by atoms with Crippen LogP contribution >= 0.6 is 11.3 Å². The lowest BCUT2D eigenvalue weighted by molar-refractivity contribution is -0.0738. The number of allylic oxidation sites excluding steroid dienone is 1. The second kappa shape index (κ2) is 8.05. The van der Waals surface area contributed by atoms with Gasteiger partial charge in [-0.25, -0.2) is 4.98 Å². The molecule has 1 fully saturated rings. The maximum absolute atomic E-state index is 10.2. The molecular weight excluding hydrogens is 418 g/mol. The van der Waals surface area contributed by atoms with Crippen molar-refractivity contribution in [1.29, 1.82) is 0 Å². The Labute approximate surface area is 192 Å². The topological polar surface area (TPSA) is 80.7 Å². The number of hydrogen-bond donors (Lipinski definition) is 2. The Hall–Kier alpha value is -2.64. The summed E-state index contributed by atoms with van der Waals surface area (Å²) in [5, 5.41) is 11.1. The highest BCUT2D eigenvalue weighted by Crippen LogP contribution is 2.47. The highest BCUT2D eigenvalue weighted by Gasteiger charge is 2.49. The third-order valence-corrected chi connectivity index (χ3v) is 7.38. The Balaban J connectivity index is 1.51. The fourth-order valence-electron chi connectivity index (χ4n) is 4.70. The number of aliphatic imine (C=N–C) groups is 1. The van der Waals surface area contributed by atoms with Crippen molar-refractivity contribution in [2.75, 3.05) is 7.11 Å². The molecule has 0 spiro atoms. The maximum Gasteiger partial charge on any atom is 0.151 e. The molecule has 0 amide bonds. The van der Waals surface area contributed by atoms with Gasteiger partial charge in [0.25, 0.3) is 0 Å². The van der Waals surface area contributed by atoms with Crippen LogP contribution in [-0.2, 0) is 10.3 Å². The van der Waals surface area contributed by atoms with Gasteiger partial charge in [-0.15, -0.1) is 11.3 Å². The SMILES string of the molecule is COC1CC=C(c2nc(-c3ccc([C@]4(N)C[C@](C)(O)C4)cc3)c(-c3ccccc3)s2)C=N1. The van der Waals surface area contributed by atoms with Gasteiger partial charge in [-0.05, 0) is 30.9 Å². The van der Waals surface area contributed by atoms with Crippen molar-refractivity contribution in [2.24, 2.45) is 10.7 Å². The largest absolute Gasteiger partial charge is 0.390 e. The Kier molecular flexibility index (Phi) is 5.34. The number of ether oxygens (including phenoxy) is 1. The van der Waals surface area contributed by atoms with Crippen molar-refractivity contribution in [1.82, 2.24) is 4.98 Å². The van der Waals surface area contributed by atoms with Gasteiger partial charge in [-0.1, -0.05) is 60.7 Å². The molecule has 1 aliphatic carbocycles. The highest BCUT2D eigenvalue weighted by molar-refractivity contribution is 7.17. The van der Waals surface area contributed by atoms with Crippen LogP contribution in [0.3, 0.4) is 0 Å². The van der Waals surface area contributed by atoms with Crippen molar-refractivity contribution in [2.45, 2.75) is 43.6 Å². The first-order chi connectivity index (χ1) is 15.4. The molecular formula is C26H27N3O2S. The van der Waals surface area contributed by atoms with Crippen LogP contribution < -0.4 is 5.73 Å². The van der Waals surface area contributed by atoms with E-state index >= 15 is 0 Å². The fourth-order valence-corrected chi connectivity index (χ4v) is 5.80. The predicted octanol–water partition coefficient (Wildman–Crippen LogP) is 5.01. The van der Waals surface area contributed by atoms with E-state index in [1.165, 1.54) is 0 Å². The number of benzene rings is 2. The summed E-state index contributed by atoms with van der Waals surface area (Å²) >= 11 is 1.68. The Morgan fingerprint density at radius 3 is 2.38 bits per heavy atom. The highest BCUT2D eigenvalue weighted by atomic mass is 32.1. The molecule has 0 radical (unpaired) electrons. The molecule has 2 aromatic carbocycles. The number of nitrogens with two attached hydrogens (primary N) is 1. The summed E-state index contributed by atoms with van der Waals surface area (Å²) < 4.78 is 5.32. The Morgan fingerprint density at radius 1 is 1.06 bits per heavy atom. The summed E-state index contributed by atoms with van der Waals surface area (Å²) in [7, 11) is 1.68. The predicted molar refractivity (Wildman–Crippen MR) is 131 cm³/mol. The van der Waals surface area contributed by atoms with Crippen LogP contribution in [0, 0.1) is 0 Å². The van der Waals surface area contributed by atoms with E-state index < -0.39 is 11.1 Å². The standard InChI is InChI=1S/C26H27N3O2S/c1-25(30)15-26(27,16-25)20-11-8-17(9-12-20)22-23(18-6-4-3-5-7-18)32-24(29-22)19-10-13-21(31-2)28-14-19/h3-12,14,21,30H,13,15-16,27H2,1-2H3/t21?,25-,26-. The van der Waals surface area contributed by atoms with Crippen molar-refractivity contribution in [3.05, 3.63) is 71.2 Å². The zero-order chi connectivity index (χ0) is 22.3. The lowest BCUT2D eigenvalue weighted by Crippen LogP contribution is -2.58. The first-order valence-corrected chi connectivity index (χ1v) is 11.6. The molecule has 2 heterocycles. The number of nitrogens with zero attached hydrogens (tertiary/aromatic N) is 2. The minimum absolute atomic E-state index is 0.116. The molecule has 1 atom stereocenters. The van der Waals surface area contributed by atoms with E-state index in [1.54, 1.807) is 18.4 Å². The van der Waals surface area contributed by atoms with Gasteiger partial charge in [0, 0.05) is 36.4 Å². The van der Waals surface area contributed by atoms with Crippen LogP contribution in [0.5, 0.6) is 0 Å². The number of aromatic nitrogens is 1. The third-order valence-electron chi connectivity index (χ3n) is 6.23. The zero-order valence-electron chi connectivity index (χ0n) is 18.3. The molecule has 6 heteroatoms. The normalized spacial score (nSPS) is 27.1. The monoisotopic (exact) mass is 445 g/mol. The summed E-state index contributed by atoms with van der Waals surface area (Å²) in [6.07, 6.45) is 5.78. The van der Waals surface area contributed by atoms with Crippen LogP contribution in [0.25, 0.3) is 27.3 Å². The van der Waals surface area contributed by atoms with E-state index in [-0.39, 0.29) is 6.23 Å². The van der Waals surface area contributed by atoms with Gasteiger partial charge in [0.2, 0.25) is 0 Å². The lowest BCUT2D eigenvalue weighted by atomic mass is 9.63. The average Bonchev–Trinajstić information content (AvgIpc) is 3.24. The lowest BCUT2D eigenvalue weighted by Gasteiger charge is -2.49. The fraction of sp³-hybridized carbons (Fsp3) is 0.308. The smallest absolute Gasteiger partial charge is 0.151 e. The molecule has 1 aromatic heterocycles. The summed E-state index contributed by atoms with van der Waals surface area (Å²) in [4.78, 5) is 10.6. The molecule has 3 N–H and O–H groups in total. The van der Waals surface area contributed by atoms with Crippen LogP contribution in [0.2, 0.25) is 0 Å². The van der Waals surface area contributed by atoms with E-state index in [0.29, 0.717) is 12.8 Å². The van der Waals surface area contributed by atoms with Crippen LogP contribution in [0.4, 0.5) is 0 Å². The Morgan fingerprint density at radius 2 is 1.78 bits per heavy atom. The second-order valence-electron chi connectivity index (χ2n) is 9.01. The van der Waals surface area contributed by atoms with Crippen LogP contribution in [-0.4, -0.2) is 35.2 Å². The second-order valence-corrected chi connectivity index (χ2v) is 10.0. The molecule has 3 aromatic rings. The van der Waals surface area contributed by atoms with Gasteiger partial charge in [0.1, 0.15) is 5.01 Å². The van der Waals surface area contributed by atoms with Gasteiger partial charge in [0.15, 0.2) is 6.23 Å². The van der Waals surface area contributed by atoms with Crippen molar-refractivity contribution in [3.8, 4) is 21.7 Å². The summed E-state index contributed by atoms with van der Waals surface area (Å²) in [6, 6.07) is 18.7. The number of rotatable bonds is 5. The molecule has 5 nitrogen and oxygen atoms in total. The number of hydrogen-bond acceptors (Lipinski definition) is 6. The molecule has 1 saturated carbocycles.